The van der Waals surface area contributed by atoms with E-state index in [1.54, 1.807) is 18.5 Å². The lowest BCUT2D eigenvalue weighted by Gasteiger charge is -2.31. The summed E-state index contributed by atoms with van der Waals surface area (Å²) in [7, 11) is 0. The zero-order valence-electron chi connectivity index (χ0n) is 12.9. The number of nitrogens with one attached hydrogen (secondary N) is 1. The minimum absolute atomic E-state index is 0.183. The van der Waals surface area contributed by atoms with Crippen LogP contribution in [0.2, 0.25) is 0 Å². The van der Waals surface area contributed by atoms with Gasteiger partial charge >= 0.3 is 0 Å². The van der Waals surface area contributed by atoms with E-state index in [0.29, 0.717) is 12.1 Å². The van der Waals surface area contributed by atoms with E-state index < -0.39 is 6.10 Å². The Balaban J connectivity index is 1.73. The molecule has 21 heavy (non-hydrogen) atoms. The molecule has 0 saturated carbocycles. The predicted octanol–water partition coefficient (Wildman–Crippen LogP) is 1.21. The second-order valence-electron chi connectivity index (χ2n) is 6.10. The molecule has 1 aromatic heterocycles. The third-order valence-electron chi connectivity index (χ3n) is 3.98. The maximum Gasteiger partial charge on any atom is 0.252 e. The Morgan fingerprint density at radius 2 is 2.19 bits per heavy atom. The van der Waals surface area contributed by atoms with Gasteiger partial charge in [0, 0.05) is 25.5 Å². The van der Waals surface area contributed by atoms with Crippen molar-refractivity contribution >= 4 is 5.91 Å². The van der Waals surface area contributed by atoms with E-state index in [1.807, 2.05) is 6.92 Å². The normalized spacial score (nSPS) is 18.4. The molecule has 5 heteroatoms. The Hall–Kier alpha value is -1.46. The smallest absolute Gasteiger partial charge is 0.252 e. The van der Waals surface area contributed by atoms with E-state index in [4.69, 9.17) is 0 Å². The number of β-amino-alcohol motifs (C(OH)–C–C–N with tert-alkyl or cyclic N) is 1. The molecule has 1 unspecified atom stereocenters. The lowest BCUT2D eigenvalue weighted by atomic mass is 9.99. The fourth-order valence-electron chi connectivity index (χ4n) is 2.60. The van der Waals surface area contributed by atoms with Crippen molar-refractivity contribution in [3.05, 3.63) is 29.6 Å². The highest BCUT2D eigenvalue weighted by molar-refractivity contribution is 5.93. The fraction of sp³-hybridized carbons (Fsp3) is 0.625. The van der Waals surface area contributed by atoms with Gasteiger partial charge in [0.05, 0.1) is 11.7 Å². The van der Waals surface area contributed by atoms with Gasteiger partial charge in [-0.2, -0.15) is 0 Å². The van der Waals surface area contributed by atoms with Crippen molar-refractivity contribution < 1.29 is 9.90 Å². The van der Waals surface area contributed by atoms with Crippen LogP contribution in [0.25, 0.3) is 0 Å². The first-order valence-corrected chi connectivity index (χ1v) is 7.65. The number of nitrogens with zero attached hydrogens (tertiary/aromatic N) is 2. The maximum atomic E-state index is 12.0. The summed E-state index contributed by atoms with van der Waals surface area (Å²) in [5.41, 5.74) is 1.49. The first-order chi connectivity index (χ1) is 10.0. The molecule has 1 aromatic rings. The highest BCUT2D eigenvalue weighted by Crippen LogP contribution is 2.15. The zero-order valence-corrected chi connectivity index (χ0v) is 12.9. The van der Waals surface area contributed by atoms with E-state index in [1.165, 1.54) is 12.8 Å². The summed E-state index contributed by atoms with van der Waals surface area (Å²) < 4.78 is 0. The molecular weight excluding hydrogens is 266 g/mol. The SMILES string of the molecule is Cc1cncc(C(=O)NCC(O)CN2CCC(C)CC2)c1. The molecular formula is C16H25N3O2. The first kappa shape index (κ1) is 15.9. The molecule has 0 aliphatic carbocycles. The Morgan fingerprint density at radius 1 is 1.48 bits per heavy atom. The number of hydrogen-bond acceptors (Lipinski definition) is 4. The quantitative estimate of drug-likeness (QED) is 0.856. The van der Waals surface area contributed by atoms with Gasteiger partial charge in [-0.3, -0.25) is 9.78 Å². The summed E-state index contributed by atoms with van der Waals surface area (Å²) in [4.78, 5) is 18.2. The summed E-state index contributed by atoms with van der Waals surface area (Å²) in [5, 5.41) is 12.8. The van der Waals surface area contributed by atoms with Crippen molar-refractivity contribution in [1.82, 2.24) is 15.2 Å². The average molecular weight is 291 g/mol. The fourth-order valence-corrected chi connectivity index (χ4v) is 2.60. The molecule has 2 heterocycles. The Kier molecular flexibility index (Phi) is 5.70. The molecule has 1 fully saturated rings. The monoisotopic (exact) mass is 291 g/mol. The van der Waals surface area contributed by atoms with Crippen molar-refractivity contribution in [2.24, 2.45) is 5.92 Å². The molecule has 0 aromatic carbocycles. The summed E-state index contributed by atoms with van der Waals surface area (Å²) in [6.45, 7) is 7.14. The molecule has 116 valence electrons. The first-order valence-electron chi connectivity index (χ1n) is 7.65. The highest BCUT2D eigenvalue weighted by Gasteiger charge is 2.18. The molecule has 1 aliphatic heterocycles. The third kappa shape index (κ3) is 5.10. The van der Waals surface area contributed by atoms with E-state index in [0.717, 1.165) is 24.6 Å². The van der Waals surface area contributed by atoms with Crippen molar-refractivity contribution in [3.8, 4) is 0 Å². The number of rotatable bonds is 5. The van der Waals surface area contributed by atoms with Crippen LogP contribution in [0.15, 0.2) is 18.5 Å². The van der Waals surface area contributed by atoms with Crippen molar-refractivity contribution in [2.75, 3.05) is 26.2 Å². The number of carbonyl (C=O) groups is 1. The van der Waals surface area contributed by atoms with Gasteiger partial charge in [-0.1, -0.05) is 6.92 Å². The topological polar surface area (TPSA) is 65.5 Å². The van der Waals surface area contributed by atoms with E-state index in [9.17, 15) is 9.90 Å². The van der Waals surface area contributed by atoms with Crippen LogP contribution in [0.3, 0.4) is 0 Å². The molecule has 2 N–H and O–H groups in total. The molecule has 1 saturated heterocycles. The average Bonchev–Trinajstić information content (AvgIpc) is 2.47. The summed E-state index contributed by atoms with van der Waals surface area (Å²) in [5.74, 6) is 0.601. The zero-order chi connectivity index (χ0) is 15.2. The predicted molar refractivity (Wildman–Crippen MR) is 82.2 cm³/mol. The third-order valence-corrected chi connectivity index (χ3v) is 3.98. The van der Waals surface area contributed by atoms with Gasteiger partial charge in [0.25, 0.3) is 5.91 Å². The largest absolute Gasteiger partial charge is 0.390 e. The lowest BCUT2D eigenvalue weighted by Crippen LogP contribution is -2.43. The summed E-state index contributed by atoms with van der Waals surface area (Å²) in [6.07, 6.45) is 5.10. The number of hydrogen-bond donors (Lipinski definition) is 2. The molecule has 1 atom stereocenters. The van der Waals surface area contributed by atoms with Crippen LogP contribution in [0, 0.1) is 12.8 Å². The molecule has 1 aliphatic rings. The number of aryl methyl sites for hydroxylation is 1. The minimum Gasteiger partial charge on any atom is -0.390 e. The summed E-state index contributed by atoms with van der Waals surface area (Å²) >= 11 is 0. The highest BCUT2D eigenvalue weighted by atomic mass is 16.3. The number of likely N-dealkylation sites (tertiary alicyclic amines) is 1. The van der Waals surface area contributed by atoms with Crippen molar-refractivity contribution in [2.45, 2.75) is 32.8 Å². The van der Waals surface area contributed by atoms with Gasteiger partial charge in [0.1, 0.15) is 0 Å². The number of piperidine rings is 1. The van der Waals surface area contributed by atoms with E-state index >= 15 is 0 Å². The van der Waals surface area contributed by atoms with Crippen LogP contribution < -0.4 is 5.32 Å². The number of aromatic nitrogens is 1. The van der Waals surface area contributed by atoms with Crippen LogP contribution in [0.1, 0.15) is 35.7 Å². The van der Waals surface area contributed by atoms with Crippen LogP contribution in [0.4, 0.5) is 0 Å². The molecule has 0 spiro atoms. The number of amides is 1. The standard InChI is InChI=1S/C16H25N3O2/c1-12-3-5-19(6-4-12)11-15(20)10-18-16(21)14-7-13(2)8-17-9-14/h7-9,12,15,20H,3-6,10-11H2,1-2H3,(H,18,21). The lowest BCUT2D eigenvalue weighted by molar-refractivity contribution is 0.0795. The Morgan fingerprint density at radius 3 is 2.86 bits per heavy atom. The molecule has 1 amide bonds. The second-order valence-corrected chi connectivity index (χ2v) is 6.10. The van der Waals surface area contributed by atoms with Crippen LogP contribution in [-0.2, 0) is 0 Å². The summed E-state index contributed by atoms with van der Waals surface area (Å²) in [6, 6.07) is 1.79. The van der Waals surface area contributed by atoms with Gasteiger partial charge < -0.3 is 15.3 Å². The van der Waals surface area contributed by atoms with Crippen molar-refractivity contribution in [3.63, 3.8) is 0 Å². The maximum absolute atomic E-state index is 12.0. The van der Waals surface area contributed by atoms with Crippen molar-refractivity contribution in [1.29, 1.82) is 0 Å². The minimum atomic E-state index is -0.528. The van der Waals surface area contributed by atoms with Gasteiger partial charge in [0.15, 0.2) is 0 Å². The molecule has 0 bridgehead atoms. The van der Waals surface area contributed by atoms with Crippen LogP contribution in [-0.4, -0.2) is 53.2 Å². The second kappa shape index (κ2) is 7.52. The Labute approximate surface area is 126 Å². The molecule has 2 rings (SSSR count). The number of carbonyl (C=O) groups excluding carboxylic acids is 1. The number of aliphatic hydroxyl groups is 1. The van der Waals surface area contributed by atoms with Gasteiger partial charge in [-0.05, 0) is 50.4 Å². The Bertz CT molecular complexity index is 470. The number of pyridine rings is 1. The van der Waals surface area contributed by atoms with Crippen LogP contribution in [0.5, 0.6) is 0 Å². The van der Waals surface area contributed by atoms with Gasteiger partial charge in [0.2, 0.25) is 0 Å². The van der Waals surface area contributed by atoms with Crippen LogP contribution >= 0.6 is 0 Å². The van der Waals surface area contributed by atoms with E-state index in [-0.39, 0.29) is 12.5 Å². The molecule has 0 radical (unpaired) electrons. The van der Waals surface area contributed by atoms with E-state index in [2.05, 4.69) is 22.1 Å². The molecule has 5 nitrogen and oxygen atoms in total. The van der Waals surface area contributed by atoms with Gasteiger partial charge in [-0.15, -0.1) is 0 Å². The van der Waals surface area contributed by atoms with Gasteiger partial charge in [-0.25, -0.2) is 0 Å². The number of aliphatic hydroxyl groups excluding tert-OH is 1.